The van der Waals surface area contributed by atoms with Crippen LogP contribution in [0.4, 0.5) is 0 Å². The fourth-order valence-corrected chi connectivity index (χ4v) is 9.35. The number of fused-ring (bicyclic) bond motifs is 2. The van der Waals surface area contributed by atoms with E-state index in [1.165, 1.54) is 6.42 Å². The van der Waals surface area contributed by atoms with Gasteiger partial charge in [0.05, 0.1) is 0 Å². The standard InChI is InChI=1S/C14H14As2/c1-14(2)9-5-8-12-13(14)16-11-7-4-3-6-10(11)15-12/h3-8H,9H2,1-2H3. The van der Waals surface area contributed by atoms with E-state index in [0.29, 0.717) is 5.41 Å². The Morgan fingerprint density at radius 3 is 2.50 bits per heavy atom. The molecule has 0 fully saturated rings. The zero-order valence-corrected chi connectivity index (χ0v) is 13.3. The molecule has 0 saturated heterocycles. The molecule has 0 spiro atoms. The molecule has 3 rings (SSSR count). The maximum absolute atomic E-state index is 2.41. The van der Waals surface area contributed by atoms with Crippen LogP contribution >= 0.6 is 0 Å². The SMILES string of the molecule is CC1(C)CC=CC2=[As]c3ccccc3[As]=C21. The summed E-state index contributed by atoms with van der Waals surface area (Å²) in [7, 11) is 0. The van der Waals surface area contributed by atoms with Crippen molar-refractivity contribution in [3.8, 4) is 0 Å². The zero-order valence-electron chi connectivity index (χ0n) is 9.57. The van der Waals surface area contributed by atoms with Gasteiger partial charge in [-0.3, -0.25) is 0 Å². The van der Waals surface area contributed by atoms with Gasteiger partial charge in [0.25, 0.3) is 0 Å². The number of benzene rings is 1. The van der Waals surface area contributed by atoms with E-state index < -0.39 is 0 Å². The van der Waals surface area contributed by atoms with E-state index in [1.54, 1.807) is 17.3 Å². The van der Waals surface area contributed by atoms with E-state index in [9.17, 15) is 0 Å². The third-order valence-corrected chi connectivity index (χ3v) is 11.0. The molecular formula is C14H14As2. The van der Waals surface area contributed by atoms with Crippen molar-refractivity contribution in [2.24, 2.45) is 5.41 Å². The van der Waals surface area contributed by atoms with Crippen LogP contribution in [-0.2, 0) is 0 Å². The second-order valence-corrected chi connectivity index (χ2v) is 9.85. The molecule has 0 aromatic heterocycles. The van der Waals surface area contributed by atoms with Gasteiger partial charge in [0.15, 0.2) is 0 Å². The van der Waals surface area contributed by atoms with Crippen LogP contribution in [0.2, 0.25) is 0 Å². The molecule has 1 aliphatic heterocycles. The predicted octanol–water partition coefficient (Wildman–Crippen LogP) is 0.690. The van der Waals surface area contributed by atoms with Gasteiger partial charge < -0.3 is 0 Å². The van der Waals surface area contributed by atoms with Crippen molar-refractivity contribution in [2.45, 2.75) is 20.3 Å². The molecule has 2 aliphatic rings. The molecule has 2 heteroatoms. The summed E-state index contributed by atoms with van der Waals surface area (Å²) in [6.07, 6.45) is 6.01. The van der Waals surface area contributed by atoms with Crippen LogP contribution in [0.5, 0.6) is 0 Å². The van der Waals surface area contributed by atoms with Crippen molar-refractivity contribution in [3.63, 3.8) is 0 Å². The maximum atomic E-state index is 2.41. The number of rotatable bonds is 0. The molecule has 80 valence electrons. The van der Waals surface area contributed by atoms with Crippen LogP contribution in [-0.4, -0.2) is 39.2 Å². The number of hydrogen-bond acceptors (Lipinski definition) is 0. The van der Waals surface area contributed by atoms with Crippen molar-refractivity contribution >= 4 is 47.9 Å². The molecule has 1 heterocycles. The van der Waals surface area contributed by atoms with Gasteiger partial charge in [-0.2, -0.15) is 0 Å². The van der Waals surface area contributed by atoms with E-state index in [4.69, 9.17) is 0 Å². The van der Waals surface area contributed by atoms with Crippen molar-refractivity contribution in [1.82, 2.24) is 0 Å². The van der Waals surface area contributed by atoms with Crippen molar-refractivity contribution in [2.75, 3.05) is 0 Å². The first-order chi connectivity index (χ1) is 7.67. The monoisotopic (exact) mass is 332 g/mol. The molecule has 0 saturated carbocycles. The van der Waals surface area contributed by atoms with E-state index in [1.807, 2.05) is 0 Å². The van der Waals surface area contributed by atoms with Crippen LogP contribution in [0, 0.1) is 5.41 Å². The third kappa shape index (κ3) is 1.77. The second-order valence-electron chi connectivity index (χ2n) is 4.94. The molecule has 0 unspecified atom stereocenters. The van der Waals surface area contributed by atoms with Crippen LogP contribution in [0.25, 0.3) is 0 Å². The molecule has 0 N–H and O–H groups in total. The van der Waals surface area contributed by atoms with Gasteiger partial charge in [-0.25, -0.2) is 0 Å². The van der Waals surface area contributed by atoms with Gasteiger partial charge >= 0.3 is 110 Å². The van der Waals surface area contributed by atoms with Gasteiger partial charge in [-0.05, 0) is 0 Å². The molecular weight excluding hydrogens is 318 g/mol. The molecule has 1 aliphatic carbocycles. The second kappa shape index (κ2) is 3.93. The summed E-state index contributed by atoms with van der Waals surface area (Å²) < 4.78 is 6.82. The van der Waals surface area contributed by atoms with Gasteiger partial charge in [-0.1, -0.05) is 0 Å². The van der Waals surface area contributed by atoms with E-state index in [0.717, 1.165) is 0 Å². The van der Waals surface area contributed by atoms with Gasteiger partial charge in [0, 0.05) is 0 Å². The zero-order chi connectivity index (χ0) is 11.2. The summed E-state index contributed by atoms with van der Waals surface area (Å²) in [5.41, 5.74) is 0.424. The molecule has 0 atom stereocenters. The molecule has 0 nitrogen and oxygen atoms in total. The van der Waals surface area contributed by atoms with E-state index in [-0.39, 0.29) is 30.6 Å². The van der Waals surface area contributed by atoms with Crippen molar-refractivity contribution in [1.29, 1.82) is 0 Å². The number of hydrogen-bond donors (Lipinski definition) is 0. The molecule has 1 aromatic carbocycles. The third-order valence-electron chi connectivity index (χ3n) is 3.14. The Labute approximate surface area is 110 Å². The molecule has 0 amide bonds. The first-order valence-corrected chi connectivity index (χ1v) is 9.36. The molecule has 16 heavy (non-hydrogen) atoms. The summed E-state index contributed by atoms with van der Waals surface area (Å²) in [5, 5.41) is 0. The summed E-state index contributed by atoms with van der Waals surface area (Å²) >= 11 is 0.503. The molecule has 0 bridgehead atoms. The Balaban J connectivity index is 2.23. The van der Waals surface area contributed by atoms with Crippen molar-refractivity contribution < 1.29 is 0 Å². The average Bonchev–Trinajstić information content (AvgIpc) is 2.27. The van der Waals surface area contributed by atoms with Crippen LogP contribution in [0.3, 0.4) is 0 Å². The Morgan fingerprint density at radius 2 is 1.75 bits per heavy atom. The molecule has 0 radical (unpaired) electrons. The van der Waals surface area contributed by atoms with Gasteiger partial charge in [0.1, 0.15) is 0 Å². The minimum absolute atomic E-state index is 0.247. The van der Waals surface area contributed by atoms with E-state index >= 15 is 0 Å². The van der Waals surface area contributed by atoms with Gasteiger partial charge in [0.2, 0.25) is 0 Å². The summed E-state index contributed by atoms with van der Waals surface area (Å²) in [5.74, 6) is 0. The van der Waals surface area contributed by atoms with Crippen LogP contribution in [0.15, 0.2) is 36.4 Å². The normalized spacial score (nSPS) is 22.6. The molecule has 1 aromatic rings. The Hall–Kier alpha value is -0.183. The quantitative estimate of drug-likeness (QED) is 0.614. The fourth-order valence-electron chi connectivity index (χ4n) is 2.19. The Kier molecular flexibility index (Phi) is 2.69. The summed E-state index contributed by atoms with van der Waals surface area (Å²) in [6, 6.07) is 9.08. The predicted molar refractivity (Wildman–Crippen MR) is 74.8 cm³/mol. The Bertz CT molecular complexity index is 533. The fraction of sp³-hybridized carbons (Fsp3) is 0.286. The average molecular weight is 332 g/mol. The summed E-state index contributed by atoms with van der Waals surface area (Å²) in [4.78, 5) is 0. The number of allylic oxidation sites excluding steroid dienone is 2. The van der Waals surface area contributed by atoms with Crippen LogP contribution < -0.4 is 8.70 Å². The Morgan fingerprint density at radius 1 is 1.06 bits per heavy atom. The minimum atomic E-state index is 0.247. The van der Waals surface area contributed by atoms with E-state index in [2.05, 4.69) is 50.3 Å². The van der Waals surface area contributed by atoms with Crippen LogP contribution in [0.1, 0.15) is 20.3 Å². The van der Waals surface area contributed by atoms with Crippen molar-refractivity contribution in [3.05, 3.63) is 36.4 Å². The first-order valence-electron chi connectivity index (χ1n) is 5.61. The first kappa shape index (κ1) is 10.9. The topological polar surface area (TPSA) is 0 Å². The van der Waals surface area contributed by atoms with Gasteiger partial charge in [-0.15, -0.1) is 0 Å². The summed E-state index contributed by atoms with van der Waals surface area (Å²) in [6.45, 7) is 4.83.